The van der Waals surface area contributed by atoms with Crippen LogP contribution in [-0.4, -0.2) is 39.4 Å². The summed E-state index contributed by atoms with van der Waals surface area (Å²) in [7, 11) is -2.43. The van der Waals surface area contributed by atoms with Gasteiger partial charge in [-0.15, -0.1) is 0 Å². The van der Waals surface area contributed by atoms with Gasteiger partial charge in [-0.05, 0) is 56.3 Å². The third kappa shape index (κ3) is 4.56. The molecule has 0 aliphatic heterocycles. The van der Waals surface area contributed by atoms with E-state index in [4.69, 9.17) is 4.74 Å². The molecule has 0 heterocycles. The summed E-state index contributed by atoms with van der Waals surface area (Å²) in [5.41, 5.74) is 0.875. The van der Waals surface area contributed by atoms with Gasteiger partial charge in [-0.25, -0.2) is 8.42 Å². The summed E-state index contributed by atoms with van der Waals surface area (Å²) in [5.74, 6) is 0.159. The van der Waals surface area contributed by atoms with Crippen LogP contribution in [0.25, 0.3) is 0 Å². The van der Waals surface area contributed by atoms with Crippen LogP contribution >= 0.6 is 15.9 Å². The minimum absolute atomic E-state index is 0.0256. The summed E-state index contributed by atoms with van der Waals surface area (Å²) in [6.45, 7) is 5.06. The van der Waals surface area contributed by atoms with Gasteiger partial charge in [-0.1, -0.05) is 15.9 Å². The molecule has 0 fully saturated rings. The number of nitrogens with one attached hydrogen (secondary N) is 1. The van der Waals surface area contributed by atoms with Crippen molar-refractivity contribution in [2.24, 2.45) is 0 Å². The second-order valence-electron chi connectivity index (χ2n) is 5.46. The molecule has 0 aromatic heterocycles. The predicted octanol–water partition coefficient (Wildman–Crippen LogP) is 3.74. The number of carbonyl (C=O) groups is 1. The van der Waals surface area contributed by atoms with E-state index in [2.05, 4.69) is 20.7 Å². The molecule has 0 spiro atoms. The molecule has 1 N–H and O–H groups in total. The number of nitrogens with zero attached hydrogens (tertiary/aromatic N) is 1. The zero-order valence-electron chi connectivity index (χ0n) is 14.8. The minimum atomic E-state index is -3.84. The third-order valence-corrected chi connectivity index (χ3v) is 5.75. The highest BCUT2D eigenvalue weighted by Gasteiger charge is 2.20. The smallest absolute Gasteiger partial charge is 0.265 e. The number of amides is 1. The zero-order chi connectivity index (χ0) is 19.3. The van der Waals surface area contributed by atoms with Gasteiger partial charge in [0.05, 0.1) is 7.11 Å². The van der Waals surface area contributed by atoms with Crippen LogP contribution in [-0.2, 0) is 10.0 Å². The molecule has 0 unspecified atom stereocenters. The number of hydrogen-bond acceptors (Lipinski definition) is 4. The number of benzene rings is 2. The molecule has 1 amide bonds. The lowest BCUT2D eigenvalue weighted by Gasteiger charge is -2.18. The van der Waals surface area contributed by atoms with Crippen molar-refractivity contribution in [1.29, 1.82) is 0 Å². The summed E-state index contributed by atoms with van der Waals surface area (Å²) < 4.78 is 33.6. The quantitative estimate of drug-likeness (QED) is 0.711. The Hall–Kier alpha value is -2.06. The van der Waals surface area contributed by atoms with Crippen LogP contribution in [0.1, 0.15) is 24.2 Å². The molecule has 0 saturated heterocycles. The van der Waals surface area contributed by atoms with E-state index in [1.807, 2.05) is 13.8 Å². The van der Waals surface area contributed by atoms with Crippen molar-refractivity contribution in [3.8, 4) is 5.75 Å². The molecular formula is C18H21BrN2O4S. The van der Waals surface area contributed by atoms with Gasteiger partial charge in [-0.2, -0.15) is 0 Å². The number of anilines is 1. The van der Waals surface area contributed by atoms with Gasteiger partial charge in [0.25, 0.3) is 15.9 Å². The van der Waals surface area contributed by atoms with Gasteiger partial charge >= 0.3 is 0 Å². The van der Waals surface area contributed by atoms with Crippen LogP contribution in [0.4, 0.5) is 5.69 Å². The van der Waals surface area contributed by atoms with E-state index >= 15 is 0 Å². The van der Waals surface area contributed by atoms with E-state index in [-0.39, 0.29) is 16.6 Å². The lowest BCUT2D eigenvalue weighted by Crippen LogP contribution is -2.30. The average Bonchev–Trinajstić information content (AvgIpc) is 2.63. The number of halogens is 1. The van der Waals surface area contributed by atoms with Crippen molar-refractivity contribution in [1.82, 2.24) is 4.90 Å². The number of ether oxygens (including phenoxy) is 1. The summed E-state index contributed by atoms with van der Waals surface area (Å²) in [5, 5.41) is 0. The fourth-order valence-corrected chi connectivity index (χ4v) is 4.21. The largest absolute Gasteiger partial charge is 0.495 e. The minimum Gasteiger partial charge on any atom is -0.495 e. The Morgan fingerprint density at radius 2 is 1.73 bits per heavy atom. The number of carbonyl (C=O) groups excluding carboxylic acids is 1. The van der Waals surface area contributed by atoms with Gasteiger partial charge in [-0.3, -0.25) is 9.52 Å². The summed E-state index contributed by atoms with van der Waals surface area (Å²) in [6, 6.07) is 11.1. The molecule has 2 aromatic rings. The van der Waals surface area contributed by atoms with E-state index in [0.717, 1.165) is 0 Å². The monoisotopic (exact) mass is 440 g/mol. The van der Waals surface area contributed by atoms with E-state index in [0.29, 0.717) is 28.8 Å². The Morgan fingerprint density at radius 1 is 1.12 bits per heavy atom. The van der Waals surface area contributed by atoms with Crippen LogP contribution in [0.2, 0.25) is 0 Å². The molecule has 2 aromatic carbocycles. The number of sulfonamides is 1. The second-order valence-corrected chi connectivity index (χ2v) is 8.02. The first-order valence-corrected chi connectivity index (χ1v) is 10.4. The Bertz CT molecular complexity index is 879. The molecule has 8 heteroatoms. The van der Waals surface area contributed by atoms with Crippen LogP contribution in [0.5, 0.6) is 5.75 Å². The van der Waals surface area contributed by atoms with Crippen molar-refractivity contribution < 1.29 is 17.9 Å². The maximum absolute atomic E-state index is 12.7. The third-order valence-electron chi connectivity index (χ3n) is 3.85. The average molecular weight is 441 g/mol. The highest BCUT2D eigenvalue weighted by molar-refractivity contribution is 9.10. The Balaban J connectivity index is 2.26. The zero-order valence-corrected chi connectivity index (χ0v) is 17.2. The molecule has 140 valence electrons. The molecule has 0 atom stereocenters. The van der Waals surface area contributed by atoms with Crippen molar-refractivity contribution in [3.63, 3.8) is 0 Å². The fourth-order valence-electron chi connectivity index (χ4n) is 2.44. The van der Waals surface area contributed by atoms with Gasteiger partial charge < -0.3 is 9.64 Å². The highest BCUT2D eigenvalue weighted by atomic mass is 79.9. The van der Waals surface area contributed by atoms with Gasteiger partial charge in [0.2, 0.25) is 0 Å². The molecule has 0 radical (unpaired) electrons. The van der Waals surface area contributed by atoms with Crippen LogP contribution < -0.4 is 9.46 Å². The molecular weight excluding hydrogens is 420 g/mol. The number of hydrogen-bond donors (Lipinski definition) is 1. The summed E-state index contributed by atoms with van der Waals surface area (Å²) in [4.78, 5) is 14.0. The lowest BCUT2D eigenvalue weighted by atomic mass is 10.2. The Morgan fingerprint density at radius 3 is 2.27 bits per heavy atom. The van der Waals surface area contributed by atoms with E-state index in [9.17, 15) is 13.2 Å². The first kappa shape index (κ1) is 20.3. The van der Waals surface area contributed by atoms with Crippen LogP contribution in [0.15, 0.2) is 51.8 Å². The number of methoxy groups -OCH3 is 1. The molecule has 0 bridgehead atoms. The van der Waals surface area contributed by atoms with E-state index in [1.54, 1.807) is 41.3 Å². The van der Waals surface area contributed by atoms with Gasteiger partial charge in [0.15, 0.2) is 0 Å². The normalized spacial score (nSPS) is 11.1. The van der Waals surface area contributed by atoms with Gasteiger partial charge in [0, 0.05) is 28.8 Å². The fraction of sp³-hybridized carbons (Fsp3) is 0.278. The second kappa shape index (κ2) is 8.55. The molecule has 26 heavy (non-hydrogen) atoms. The standard InChI is InChI=1S/C18H21BrN2O4S/c1-4-21(5-2)18(22)13-6-9-15(10-7-13)20-26(23,24)17-12-14(19)8-11-16(17)25-3/h6-12,20H,4-5H2,1-3H3. The Labute approximate surface area is 162 Å². The predicted molar refractivity (Wildman–Crippen MR) is 105 cm³/mol. The van der Waals surface area contributed by atoms with Crippen LogP contribution in [0, 0.1) is 0 Å². The van der Waals surface area contributed by atoms with Crippen molar-refractivity contribution in [2.45, 2.75) is 18.7 Å². The van der Waals surface area contributed by atoms with Crippen LogP contribution in [0.3, 0.4) is 0 Å². The van der Waals surface area contributed by atoms with Crippen molar-refractivity contribution in [2.75, 3.05) is 24.9 Å². The molecule has 6 nitrogen and oxygen atoms in total. The topological polar surface area (TPSA) is 75.7 Å². The first-order valence-electron chi connectivity index (χ1n) is 8.08. The van der Waals surface area contributed by atoms with Crippen molar-refractivity contribution >= 4 is 37.5 Å². The Kier molecular flexibility index (Phi) is 6.66. The maximum Gasteiger partial charge on any atom is 0.265 e. The van der Waals surface area contributed by atoms with Crippen molar-refractivity contribution in [3.05, 3.63) is 52.5 Å². The van der Waals surface area contributed by atoms with E-state index in [1.165, 1.54) is 13.2 Å². The lowest BCUT2D eigenvalue weighted by molar-refractivity contribution is 0.0773. The molecule has 0 aliphatic carbocycles. The molecule has 2 rings (SSSR count). The SMILES string of the molecule is CCN(CC)C(=O)c1ccc(NS(=O)(=O)c2cc(Br)ccc2OC)cc1. The maximum atomic E-state index is 12.7. The first-order chi connectivity index (χ1) is 12.3. The summed E-state index contributed by atoms with van der Waals surface area (Å²) >= 11 is 3.27. The summed E-state index contributed by atoms with van der Waals surface area (Å²) in [6.07, 6.45) is 0. The molecule has 0 saturated carbocycles. The number of rotatable bonds is 7. The van der Waals surface area contributed by atoms with Gasteiger partial charge in [0.1, 0.15) is 10.6 Å². The molecule has 0 aliphatic rings. The highest BCUT2D eigenvalue weighted by Crippen LogP contribution is 2.29. The van der Waals surface area contributed by atoms with E-state index < -0.39 is 10.0 Å².